The first-order valence-corrected chi connectivity index (χ1v) is 5.19. The van der Waals surface area contributed by atoms with Gasteiger partial charge in [-0.3, -0.25) is 0 Å². The van der Waals surface area contributed by atoms with Crippen molar-refractivity contribution >= 4 is 11.5 Å². The largest absolute Gasteiger partial charge is 0.389 e. The molecule has 0 aliphatic carbocycles. The average Bonchev–Trinajstić information content (AvgIpc) is 2.65. The fraction of sp³-hybridized carbons (Fsp3) is 0.444. The lowest BCUT2D eigenvalue weighted by Gasteiger charge is -2.07. The second-order valence-corrected chi connectivity index (χ2v) is 3.68. The highest BCUT2D eigenvalue weighted by Crippen LogP contribution is 2.21. The van der Waals surface area contributed by atoms with E-state index in [1.165, 1.54) is 16.8 Å². The summed E-state index contributed by atoms with van der Waals surface area (Å²) in [5.74, 6) is 0.378. The lowest BCUT2D eigenvalue weighted by molar-refractivity contribution is -0.134. The third-order valence-electron chi connectivity index (χ3n) is 2.25. The molecule has 0 aromatic carbocycles. The van der Waals surface area contributed by atoms with Gasteiger partial charge in [-0.25, -0.2) is 19.3 Å². The quantitative estimate of drug-likeness (QED) is 0.810. The molecule has 0 spiro atoms. The molecule has 0 aliphatic rings. The normalized spacial score (nSPS) is 11.9. The summed E-state index contributed by atoms with van der Waals surface area (Å²) in [5.41, 5.74) is -0.0607. The number of fused-ring (bicyclic) bond motifs is 1. The van der Waals surface area contributed by atoms with Gasteiger partial charge in [0.1, 0.15) is 12.1 Å². The molecule has 2 heterocycles. The predicted molar refractivity (Wildman–Crippen MR) is 57.4 cm³/mol. The molecule has 6 nitrogen and oxygen atoms in total. The molecular weight excluding hydrogens is 251 g/mol. The van der Waals surface area contributed by atoms with E-state index in [1.807, 2.05) is 0 Å². The monoisotopic (exact) mass is 261 g/mol. The summed E-state index contributed by atoms with van der Waals surface area (Å²) in [6, 6.07) is 1.48. The van der Waals surface area contributed by atoms with Crippen LogP contribution in [0, 0.1) is 0 Å². The molecule has 98 valence electrons. The van der Waals surface area contributed by atoms with Gasteiger partial charge in [0.05, 0.1) is 0 Å². The van der Waals surface area contributed by atoms with Gasteiger partial charge in [0.25, 0.3) is 0 Å². The van der Waals surface area contributed by atoms with Crippen molar-refractivity contribution in [1.29, 1.82) is 0 Å². The second kappa shape index (κ2) is 4.67. The average molecular weight is 261 g/mol. The molecule has 2 aromatic rings. The molecular formula is C9H10F3N5O. The van der Waals surface area contributed by atoms with Crippen molar-refractivity contribution in [3.63, 3.8) is 0 Å². The highest BCUT2D eigenvalue weighted by Gasteiger charge is 2.25. The first-order chi connectivity index (χ1) is 8.46. The van der Waals surface area contributed by atoms with Crippen LogP contribution in [-0.4, -0.2) is 32.3 Å². The van der Waals surface area contributed by atoms with Crippen LogP contribution in [0.4, 0.5) is 19.0 Å². The molecule has 0 bridgehead atoms. The summed E-state index contributed by atoms with van der Waals surface area (Å²) in [4.78, 5) is 15.0. The zero-order valence-corrected chi connectivity index (χ0v) is 9.16. The van der Waals surface area contributed by atoms with E-state index in [1.54, 1.807) is 0 Å². The zero-order chi connectivity index (χ0) is 13.2. The summed E-state index contributed by atoms with van der Waals surface area (Å²) in [7, 11) is 0. The SMILES string of the molecule is O=c1[nH]nc2cc(NCCCC(F)(F)F)ncn12. The summed E-state index contributed by atoms with van der Waals surface area (Å²) >= 11 is 0. The molecule has 0 saturated heterocycles. The fourth-order valence-electron chi connectivity index (χ4n) is 1.41. The van der Waals surface area contributed by atoms with E-state index >= 15 is 0 Å². The van der Waals surface area contributed by atoms with Crippen LogP contribution >= 0.6 is 0 Å². The van der Waals surface area contributed by atoms with Crippen LogP contribution in [0.25, 0.3) is 5.65 Å². The topological polar surface area (TPSA) is 75.1 Å². The van der Waals surface area contributed by atoms with Gasteiger partial charge in [0, 0.05) is 19.0 Å². The molecule has 9 heteroatoms. The molecule has 2 N–H and O–H groups in total. The fourth-order valence-corrected chi connectivity index (χ4v) is 1.41. The van der Waals surface area contributed by atoms with Crippen LogP contribution in [0.5, 0.6) is 0 Å². The van der Waals surface area contributed by atoms with Crippen LogP contribution in [0.3, 0.4) is 0 Å². The minimum absolute atomic E-state index is 0.0380. The number of hydrogen-bond acceptors (Lipinski definition) is 4. The van der Waals surface area contributed by atoms with Crippen molar-refractivity contribution in [3.8, 4) is 0 Å². The highest BCUT2D eigenvalue weighted by molar-refractivity contribution is 5.48. The lowest BCUT2D eigenvalue weighted by Crippen LogP contribution is -2.12. The smallest absolute Gasteiger partial charge is 0.370 e. The second-order valence-electron chi connectivity index (χ2n) is 3.68. The van der Waals surface area contributed by atoms with Crippen LogP contribution in [0.1, 0.15) is 12.8 Å². The molecule has 18 heavy (non-hydrogen) atoms. The van der Waals surface area contributed by atoms with Crippen molar-refractivity contribution in [2.45, 2.75) is 19.0 Å². The number of aromatic nitrogens is 4. The van der Waals surface area contributed by atoms with Gasteiger partial charge in [-0.15, -0.1) is 0 Å². The molecule has 0 saturated carbocycles. The van der Waals surface area contributed by atoms with E-state index in [0.29, 0.717) is 11.5 Å². The Bertz CT molecular complexity index is 588. The maximum absolute atomic E-state index is 11.9. The van der Waals surface area contributed by atoms with Crippen LogP contribution < -0.4 is 11.0 Å². The van der Waals surface area contributed by atoms with Gasteiger partial charge in [-0.05, 0) is 6.42 Å². The van der Waals surface area contributed by atoms with Gasteiger partial charge in [-0.1, -0.05) is 0 Å². The Hall–Kier alpha value is -2.06. The summed E-state index contributed by atoms with van der Waals surface area (Å²) in [6.07, 6.45) is -3.77. The molecule has 0 atom stereocenters. The van der Waals surface area contributed by atoms with Gasteiger partial charge >= 0.3 is 11.9 Å². The van der Waals surface area contributed by atoms with Crippen LogP contribution in [0.15, 0.2) is 17.2 Å². The molecule has 0 radical (unpaired) electrons. The number of hydrogen-bond donors (Lipinski definition) is 2. The maximum atomic E-state index is 11.9. The minimum atomic E-state index is -4.14. The van der Waals surface area contributed by atoms with Gasteiger partial charge < -0.3 is 5.32 Å². The number of alkyl halides is 3. The maximum Gasteiger partial charge on any atom is 0.389 e. The Morgan fingerprint density at radius 2 is 2.22 bits per heavy atom. The standard InChI is InChI=1S/C9H10F3N5O/c10-9(11,12)2-1-3-13-6-4-7-15-16-8(18)17(7)5-14-6/h4-5,13H,1-3H2,(H,16,18). The molecule has 2 rings (SSSR count). The Kier molecular flexibility index (Phi) is 3.21. The zero-order valence-electron chi connectivity index (χ0n) is 9.16. The Morgan fingerprint density at radius 3 is 2.94 bits per heavy atom. The summed E-state index contributed by atoms with van der Waals surface area (Å²) in [6.45, 7) is 0.150. The summed E-state index contributed by atoms with van der Waals surface area (Å²) in [5, 5.41) is 8.68. The number of nitrogens with zero attached hydrogens (tertiary/aromatic N) is 3. The van der Waals surface area contributed by atoms with Gasteiger partial charge in [0.2, 0.25) is 0 Å². The van der Waals surface area contributed by atoms with E-state index in [2.05, 4.69) is 20.5 Å². The third-order valence-corrected chi connectivity index (χ3v) is 2.25. The van der Waals surface area contributed by atoms with Crippen molar-refractivity contribution in [3.05, 3.63) is 22.9 Å². The first kappa shape index (κ1) is 12.4. The van der Waals surface area contributed by atoms with Crippen molar-refractivity contribution in [2.75, 3.05) is 11.9 Å². The van der Waals surface area contributed by atoms with Crippen molar-refractivity contribution in [2.24, 2.45) is 0 Å². The van der Waals surface area contributed by atoms with Crippen molar-refractivity contribution < 1.29 is 13.2 Å². The Labute approximate surface area is 98.8 Å². The van der Waals surface area contributed by atoms with Crippen LogP contribution in [0.2, 0.25) is 0 Å². The molecule has 0 aliphatic heterocycles. The van der Waals surface area contributed by atoms with Crippen molar-refractivity contribution in [1.82, 2.24) is 19.6 Å². The molecule has 0 unspecified atom stereocenters. The third kappa shape index (κ3) is 2.99. The molecule has 2 aromatic heterocycles. The van der Waals surface area contributed by atoms with E-state index in [0.717, 1.165) is 0 Å². The predicted octanol–water partition coefficient (Wildman–Crippen LogP) is 1.17. The minimum Gasteiger partial charge on any atom is -0.370 e. The van der Waals surface area contributed by atoms with Crippen LogP contribution in [-0.2, 0) is 0 Å². The van der Waals surface area contributed by atoms with E-state index < -0.39 is 18.3 Å². The number of H-pyrrole nitrogens is 1. The number of nitrogens with one attached hydrogen (secondary N) is 2. The Balaban J connectivity index is 1.94. The van der Waals surface area contributed by atoms with E-state index in [9.17, 15) is 18.0 Å². The number of rotatable bonds is 4. The first-order valence-electron chi connectivity index (χ1n) is 5.19. The molecule has 0 amide bonds. The van der Waals surface area contributed by atoms with E-state index in [-0.39, 0.29) is 13.0 Å². The number of aromatic amines is 1. The van der Waals surface area contributed by atoms with Gasteiger partial charge in [0.15, 0.2) is 5.65 Å². The number of anilines is 1. The molecule has 0 fully saturated rings. The lowest BCUT2D eigenvalue weighted by atomic mass is 10.3. The number of halogens is 3. The van der Waals surface area contributed by atoms with Gasteiger partial charge in [-0.2, -0.15) is 18.3 Å². The Morgan fingerprint density at radius 1 is 1.44 bits per heavy atom. The highest BCUT2D eigenvalue weighted by atomic mass is 19.4. The summed E-state index contributed by atoms with van der Waals surface area (Å²) < 4.78 is 36.9. The van der Waals surface area contributed by atoms with E-state index in [4.69, 9.17) is 0 Å².